The van der Waals surface area contributed by atoms with Crippen LogP contribution in [-0.4, -0.2) is 30.2 Å². The number of aromatic nitrogens is 1. The minimum Gasteiger partial charge on any atom is -0.360 e. The van der Waals surface area contributed by atoms with Crippen LogP contribution in [0.15, 0.2) is 34.9 Å². The highest BCUT2D eigenvalue weighted by Gasteiger charge is 2.24. The van der Waals surface area contributed by atoms with E-state index in [1.807, 2.05) is 30.3 Å². The number of piperidine rings is 1. The number of hydrogen-bond donors (Lipinski definition) is 2. The van der Waals surface area contributed by atoms with Gasteiger partial charge >= 0.3 is 0 Å². The molecule has 1 atom stereocenters. The third-order valence-corrected chi connectivity index (χ3v) is 3.77. The van der Waals surface area contributed by atoms with Gasteiger partial charge in [-0.3, -0.25) is 4.79 Å². The monoisotopic (exact) mass is 321 g/mol. The maximum atomic E-state index is 12.6. The number of rotatable bonds is 3. The van der Waals surface area contributed by atoms with Crippen LogP contribution >= 0.6 is 12.4 Å². The number of halogens is 1. The number of aryl methyl sites for hydroxylation is 1. The minimum absolute atomic E-state index is 0. The first kappa shape index (κ1) is 16.5. The number of nitrogens with zero attached hydrogens (tertiary/aromatic N) is 1. The number of hydrogen-bond acceptors (Lipinski definition) is 4. The van der Waals surface area contributed by atoms with Crippen LogP contribution in [-0.2, 0) is 0 Å². The van der Waals surface area contributed by atoms with Crippen LogP contribution in [0.2, 0.25) is 0 Å². The smallest absolute Gasteiger partial charge is 0.257 e. The van der Waals surface area contributed by atoms with E-state index in [-0.39, 0.29) is 24.4 Å². The van der Waals surface area contributed by atoms with Crippen molar-refractivity contribution in [1.29, 1.82) is 0 Å². The average Bonchev–Trinajstić information content (AvgIpc) is 2.91. The van der Waals surface area contributed by atoms with Gasteiger partial charge in [-0.2, -0.15) is 0 Å². The van der Waals surface area contributed by atoms with Crippen molar-refractivity contribution in [2.75, 3.05) is 13.1 Å². The molecule has 1 unspecified atom stereocenters. The second-order valence-electron chi connectivity index (χ2n) is 5.35. The molecule has 1 aromatic carbocycles. The Bertz CT molecular complexity index is 622. The zero-order valence-electron chi connectivity index (χ0n) is 12.5. The normalized spacial score (nSPS) is 17.6. The second-order valence-corrected chi connectivity index (χ2v) is 5.35. The highest BCUT2D eigenvalue weighted by molar-refractivity contribution is 6.00. The SMILES string of the molecule is Cc1onc(-c2ccccc2)c1C(=O)NC1CCCNC1.Cl. The molecule has 118 valence electrons. The predicted octanol–water partition coefficient (Wildman–Crippen LogP) is 2.55. The molecule has 0 aliphatic carbocycles. The molecule has 0 saturated carbocycles. The zero-order chi connectivity index (χ0) is 14.7. The first-order valence-corrected chi connectivity index (χ1v) is 7.29. The Morgan fingerprint density at radius 3 is 2.82 bits per heavy atom. The van der Waals surface area contributed by atoms with Gasteiger partial charge in [-0.1, -0.05) is 35.5 Å². The third-order valence-electron chi connectivity index (χ3n) is 3.77. The van der Waals surface area contributed by atoms with Gasteiger partial charge in [0.25, 0.3) is 5.91 Å². The zero-order valence-corrected chi connectivity index (χ0v) is 13.3. The van der Waals surface area contributed by atoms with Crippen molar-refractivity contribution in [3.8, 4) is 11.3 Å². The molecule has 0 bridgehead atoms. The lowest BCUT2D eigenvalue weighted by molar-refractivity contribution is 0.0929. The fourth-order valence-electron chi connectivity index (χ4n) is 2.67. The molecule has 2 aromatic rings. The Labute approximate surface area is 135 Å². The molecule has 0 radical (unpaired) electrons. The summed E-state index contributed by atoms with van der Waals surface area (Å²) >= 11 is 0. The summed E-state index contributed by atoms with van der Waals surface area (Å²) in [6.45, 7) is 3.61. The largest absolute Gasteiger partial charge is 0.360 e. The van der Waals surface area contributed by atoms with Crippen molar-refractivity contribution >= 4 is 18.3 Å². The van der Waals surface area contributed by atoms with E-state index < -0.39 is 0 Å². The number of nitrogens with one attached hydrogen (secondary N) is 2. The highest BCUT2D eigenvalue weighted by atomic mass is 35.5. The molecule has 5 nitrogen and oxygen atoms in total. The number of carbonyl (C=O) groups excluding carboxylic acids is 1. The summed E-state index contributed by atoms with van der Waals surface area (Å²) in [7, 11) is 0. The summed E-state index contributed by atoms with van der Waals surface area (Å²) in [5, 5.41) is 10.4. The molecule has 2 N–H and O–H groups in total. The van der Waals surface area contributed by atoms with Crippen LogP contribution in [0.1, 0.15) is 29.0 Å². The van der Waals surface area contributed by atoms with Crippen molar-refractivity contribution in [3.63, 3.8) is 0 Å². The topological polar surface area (TPSA) is 67.2 Å². The molecule has 1 aromatic heterocycles. The number of benzene rings is 1. The van der Waals surface area contributed by atoms with Crippen molar-refractivity contribution in [1.82, 2.24) is 15.8 Å². The molecule has 0 spiro atoms. The number of carbonyl (C=O) groups is 1. The van der Waals surface area contributed by atoms with Gasteiger partial charge in [0.05, 0.1) is 0 Å². The van der Waals surface area contributed by atoms with Gasteiger partial charge in [0, 0.05) is 18.2 Å². The molecule has 2 heterocycles. The fourth-order valence-corrected chi connectivity index (χ4v) is 2.67. The number of amides is 1. The second kappa shape index (κ2) is 7.42. The maximum Gasteiger partial charge on any atom is 0.257 e. The molecule has 22 heavy (non-hydrogen) atoms. The molecule has 1 saturated heterocycles. The lowest BCUT2D eigenvalue weighted by Gasteiger charge is -2.23. The van der Waals surface area contributed by atoms with Gasteiger partial charge in [0.1, 0.15) is 17.0 Å². The van der Waals surface area contributed by atoms with E-state index in [0.717, 1.165) is 31.5 Å². The van der Waals surface area contributed by atoms with Crippen molar-refractivity contribution < 1.29 is 9.32 Å². The Balaban J connectivity index is 0.00000176. The molecule has 1 amide bonds. The third kappa shape index (κ3) is 3.48. The molecular formula is C16H20ClN3O2. The Morgan fingerprint density at radius 2 is 2.14 bits per heavy atom. The summed E-state index contributed by atoms with van der Waals surface area (Å²) in [5.74, 6) is 0.441. The summed E-state index contributed by atoms with van der Waals surface area (Å²) in [6.07, 6.45) is 2.09. The summed E-state index contributed by atoms with van der Waals surface area (Å²) < 4.78 is 5.23. The average molecular weight is 322 g/mol. The minimum atomic E-state index is -0.110. The van der Waals surface area contributed by atoms with Crippen molar-refractivity contribution in [3.05, 3.63) is 41.7 Å². The van der Waals surface area contributed by atoms with Crippen LogP contribution < -0.4 is 10.6 Å². The lowest BCUT2D eigenvalue weighted by Crippen LogP contribution is -2.45. The quantitative estimate of drug-likeness (QED) is 0.911. The van der Waals surface area contributed by atoms with Crippen LogP contribution in [0.3, 0.4) is 0 Å². The molecule has 1 fully saturated rings. The van der Waals surface area contributed by atoms with Gasteiger partial charge in [0.2, 0.25) is 0 Å². The van der Waals surface area contributed by atoms with Crippen LogP contribution in [0.25, 0.3) is 11.3 Å². The van der Waals surface area contributed by atoms with Crippen molar-refractivity contribution in [2.45, 2.75) is 25.8 Å². The summed E-state index contributed by atoms with van der Waals surface area (Å²) in [5.41, 5.74) is 2.03. The van der Waals surface area contributed by atoms with Gasteiger partial charge in [-0.15, -0.1) is 12.4 Å². The molecular weight excluding hydrogens is 302 g/mol. The highest BCUT2D eigenvalue weighted by Crippen LogP contribution is 2.25. The first-order chi connectivity index (χ1) is 10.3. The van der Waals surface area contributed by atoms with E-state index in [1.54, 1.807) is 6.92 Å². The fraction of sp³-hybridized carbons (Fsp3) is 0.375. The Kier molecular flexibility index (Phi) is 5.57. The predicted molar refractivity (Wildman–Crippen MR) is 87.3 cm³/mol. The van der Waals surface area contributed by atoms with Gasteiger partial charge in [-0.25, -0.2) is 0 Å². The van der Waals surface area contributed by atoms with E-state index in [0.29, 0.717) is 17.0 Å². The molecule has 3 rings (SSSR count). The van der Waals surface area contributed by atoms with E-state index in [4.69, 9.17) is 4.52 Å². The Hall–Kier alpha value is -1.85. The van der Waals surface area contributed by atoms with E-state index in [1.165, 1.54) is 0 Å². The van der Waals surface area contributed by atoms with Gasteiger partial charge in [0.15, 0.2) is 0 Å². The van der Waals surface area contributed by atoms with Crippen molar-refractivity contribution in [2.24, 2.45) is 0 Å². The molecule has 6 heteroatoms. The van der Waals surface area contributed by atoms with Gasteiger partial charge < -0.3 is 15.2 Å². The maximum absolute atomic E-state index is 12.6. The van der Waals surface area contributed by atoms with E-state index in [2.05, 4.69) is 15.8 Å². The first-order valence-electron chi connectivity index (χ1n) is 7.29. The van der Waals surface area contributed by atoms with E-state index in [9.17, 15) is 4.79 Å². The standard InChI is InChI=1S/C16H19N3O2.ClH/c1-11-14(16(20)18-13-8-5-9-17-10-13)15(19-21-11)12-6-3-2-4-7-12;/h2-4,6-7,13,17H,5,8-10H2,1H3,(H,18,20);1H. The molecule has 1 aliphatic heterocycles. The van der Waals surface area contributed by atoms with Crippen LogP contribution in [0.5, 0.6) is 0 Å². The molecule has 1 aliphatic rings. The van der Waals surface area contributed by atoms with Gasteiger partial charge in [-0.05, 0) is 26.3 Å². The van der Waals surface area contributed by atoms with Crippen LogP contribution in [0, 0.1) is 6.92 Å². The lowest BCUT2D eigenvalue weighted by atomic mass is 10.0. The Morgan fingerprint density at radius 1 is 1.36 bits per heavy atom. The summed E-state index contributed by atoms with van der Waals surface area (Å²) in [6, 6.07) is 9.80. The van der Waals surface area contributed by atoms with Crippen LogP contribution in [0.4, 0.5) is 0 Å². The van der Waals surface area contributed by atoms with E-state index >= 15 is 0 Å². The summed E-state index contributed by atoms with van der Waals surface area (Å²) in [4.78, 5) is 12.6.